The molecular formula is C14H12ClN. The zero-order valence-electron chi connectivity index (χ0n) is 8.78. The van der Waals surface area contributed by atoms with E-state index in [9.17, 15) is 0 Å². The van der Waals surface area contributed by atoms with Crippen LogP contribution in [0.2, 0.25) is 5.02 Å². The Labute approximate surface area is 100 Å². The lowest BCUT2D eigenvalue weighted by molar-refractivity contribution is 0.824. The Hall–Kier alpha value is -1.47. The molecule has 80 valence electrons. The number of hydrogen-bond donors (Lipinski definition) is 1. The second-order valence-corrected chi connectivity index (χ2v) is 4.55. The van der Waals surface area contributed by atoms with Crippen molar-refractivity contribution in [3.8, 4) is 0 Å². The van der Waals surface area contributed by atoms with Crippen LogP contribution in [0.1, 0.15) is 17.2 Å². The van der Waals surface area contributed by atoms with E-state index >= 15 is 0 Å². The molecule has 0 saturated heterocycles. The fourth-order valence-corrected chi connectivity index (χ4v) is 2.32. The van der Waals surface area contributed by atoms with Gasteiger partial charge in [0.2, 0.25) is 0 Å². The minimum Gasteiger partial charge on any atom is -0.378 e. The average molecular weight is 230 g/mol. The van der Waals surface area contributed by atoms with E-state index in [0.29, 0.717) is 6.04 Å². The Morgan fingerprint density at radius 3 is 2.50 bits per heavy atom. The summed E-state index contributed by atoms with van der Waals surface area (Å²) in [6.45, 7) is 0. The maximum absolute atomic E-state index is 5.89. The summed E-state index contributed by atoms with van der Waals surface area (Å²) in [5.41, 5.74) is 3.94. The standard InChI is InChI=1S/C14H12ClN/c15-12-7-5-10(6-8-12)14-9-11-3-1-2-4-13(11)16-14/h1-8,14,16H,9H2/t14-/m0/s1. The number of benzene rings is 2. The van der Waals surface area contributed by atoms with E-state index < -0.39 is 0 Å². The van der Waals surface area contributed by atoms with E-state index in [1.54, 1.807) is 0 Å². The second-order valence-electron chi connectivity index (χ2n) is 4.11. The molecule has 0 aromatic heterocycles. The summed E-state index contributed by atoms with van der Waals surface area (Å²) in [4.78, 5) is 0. The monoisotopic (exact) mass is 229 g/mol. The van der Waals surface area contributed by atoms with Crippen molar-refractivity contribution in [3.05, 3.63) is 64.7 Å². The largest absolute Gasteiger partial charge is 0.378 e. The highest BCUT2D eigenvalue weighted by atomic mass is 35.5. The molecule has 1 aliphatic heterocycles. The molecule has 0 unspecified atom stereocenters. The molecule has 0 fully saturated rings. The Morgan fingerprint density at radius 2 is 1.75 bits per heavy atom. The maximum atomic E-state index is 5.89. The van der Waals surface area contributed by atoms with E-state index in [0.717, 1.165) is 11.4 Å². The lowest BCUT2D eigenvalue weighted by atomic mass is 10.0. The molecule has 1 atom stereocenters. The third-order valence-electron chi connectivity index (χ3n) is 3.04. The first-order valence-corrected chi connectivity index (χ1v) is 5.80. The number of anilines is 1. The van der Waals surface area contributed by atoms with Crippen molar-refractivity contribution in [2.75, 3.05) is 5.32 Å². The van der Waals surface area contributed by atoms with Gasteiger partial charge in [-0.05, 0) is 35.7 Å². The van der Waals surface area contributed by atoms with Crippen LogP contribution in [0.5, 0.6) is 0 Å². The van der Waals surface area contributed by atoms with E-state index in [1.807, 2.05) is 12.1 Å². The number of halogens is 1. The quantitative estimate of drug-likeness (QED) is 0.778. The Morgan fingerprint density at radius 1 is 1.00 bits per heavy atom. The van der Waals surface area contributed by atoms with Gasteiger partial charge in [0.25, 0.3) is 0 Å². The number of hydrogen-bond acceptors (Lipinski definition) is 1. The molecule has 1 heterocycles. The van der Waals surface area contributed by atoms with Gasteiger partial charge in [-0.1, -0.05) is 41.9 Å². The zero-order valence-corrected chi connectivity index (χ0v) is 9.54. The molecular weight excluding hydrogens is 218 g/mol. The molecule has 0 saturated carbocycles. The number of fused-ring (bicyclic) bond motifs is 1. The van der Waals surface area contributed by atoms with Crippen molar-refractivity contribution in [2.45, 2.75) is 12.5 Å². The average Bonchev–Trinajstić information content (AvgIpc) is 2.73. The molecule has 3 rings (SSSR count). The summed E-state index contributed by atoms with van der Waals surface area (Å²) in [7, 11) is 0. The summed E-state index contributed by atoms with van der Waals surface area (Å²) in [5, 5.41) is 4.32. The van der Waals surface area contributed by atoms with Crippen molar-refractivity contribution in [3.63, 3.8) is 0 Å². The Bertz CT molecular complexity index is 479. The second kappa shape index (κ2) is 3.84. The minimum absolute atomic E-state index is 0.384. The van der Waals surface area contributed by atoms with Crippen molar-refractivity contribution < 1.29 is 0 Å². The number of rotatable bonds is 1. The van der Waals surface area contributed by atoms with Crippen LogP contribution in [0.25, 0.3) is 0 Å². The molecule has 2 heteroatoms. The van der Waals surface area contributed by atoms with Crippen LogP contribution < -0.4 is 5.32 Å². The highest BCUT2D eigenvalue weighted by Crippen LogP contribution is 2.33. The van der Waals surface area contributed by atoms with Gasteiger partial charge in [0, 0.05) is 10.7 Å². The molecule has 1 aliphatic rings. The predicted octanol–water partition coefficient (Wildman–Crippen LogP) is 4.05. The Kier molecular flexibility index (Phi) is 2.33. The molecule has 0 spiro atoms. The summed E-state index contributed by atoms with van der Waals surface area (Å²) in [6, 6.07) is 16.9. The van der Waals surface area contributed by atoms with Crippen molar-refractivity contribution >= 4 is 17.3 Å². The molecule has 0 radical (unpaired) electrons. The lowest BCUT2D eigenvalue weighted by Crippen LogP contribution is -2.04. The summed E-state index contributed by atoms with van der Waals surface area (Å²) in [5.74, 6) is 0. The van der Waals surface area contributed by atoms with Crippen LogP contribution in [0.3, 0.4) is 0 Å². The molecule has 1 N–H and O–H groups in total. The minimum atomic E-state index is 0.384. The molecule has 0 amide bonds. The topological polar surface area (TPSA) is 12.0 Å². The van der Waals surface area contributed by atoms with Crippen LogP contribution >= 0.6 is 11.6 Å². The highest BCUT2D eigenvalue weighted by Gasteiger charge is 2.20. The third-order valence-corrected chi connectivity index (χ3v) is 3.30. The normalized spacial score (nSPS) is 17.9. The van der Waals surface area contributed by atoms with Crippen molar-refractivity contribution in [2.24, 2.45) is 0 Å². The number of nitrogens with one attached hydrogen (secondary N) is 1. The van der Waals surface area contributed by atoms with Gasteiger partial charge in [-0.2, -0.15) is 0 Å². The maximum Gasteiger partial charge on any atom is 0.0555 e. The third kappa shape index (κ3) is 1.68. The van der Waals surface area contributed by atoms with E-state index in [2.05, 4.69) is 41.7 Å². The van der Waals surface area contributed by atoms with Crippen LogP contribution in [-0.2, 0) is 6.42 Å². The summed E-state index contributed by atoms with van der Waals surface area (Å²) in [6.07, 6.45) is 1.05. The SMILES string of the molecule is Clc1ccc([C@@H]2Cc3ccccc3N2)cc1. The fraction of sp³-hybridized carbons (Fsp3) is 0.143. The fourth-order valence-electron chi connectivity index (χ4n) is 2.19. The summed E-state index contributed by atoms with van der Waals surface area (Å²) < 4.78 is 0. The molecule has 16 heavy (non-hydrogen) atoms. The predicted molar refractivity (Wildman–Crippen MR) is 68.0 cm³/mol. The van der Waals surface area contributed by atoms with Gasteiger partial charge >= 0.3 is 0 Å². The lowest BCUT2D eigenvalue weighted by Gasteiger charge is -2.11. The molecule has 0 aliphatic carbocycles. The van der Waals surface area contributed by atoms with Gasteiger partial charge in [-0.3, -0.25) is 0 Å². The molecule has 2 aromatic carbocycles. The molecule has 0 bridgehead atoms. The van der Waals surface area contributed by atoms with E-state index in [-0.39, 0.29) is 0 Å². The van der Waals surface area contributed by atoms with E-state index in [1.165, 1.54) is 16.8 Å². The van der Waals surface area contributed by atoms with Crippen LogP contribution in [0.15, 0.2) is 48.5 Å². The zero-order chi connectivity index (χ0) is 11.0. The first-order valence-electron chi connectivity index (χ1n) is 5.43. The summed E-state index contributed by atoms with van der Waals surface area (Å²) >= 11 is 5.89. The van der Waals surface area contributed by atoms with E-state index in [4.69, 9.17) is 11.6 Å². The van der Waals surface area contributed by atoms with Gasteiger partial charge < -0.3 is 5.32 Å². The number of para-hydroxylation sites is 1. The van der Waals surface area contributed by atoms with Gasteiger partial charge in [-0.25, -0.2) is 0 Å². The van der Waals surface area contributed by atoms with Gasteiger partial charge in [0.15, 0.2) is 0 Å². The Balaban J connectivity index is 1.88. The van der Waals surface area contributed by atoms with Crippen LogP contribution in [0.4, 0.5) is 5.69 Å². The first kappa shape index (κ1) is 9.73. The molecule has 2 aromatic rings. The van der Waals surface area contributed by atoms with Gasteiger partial charge in [-0.15, -0.1) is 0 Å². The molecule has 1 nitrogen and oxygen atoms in total. The van der Waals surface area contributed by atoms with Crippen molar-refractivity contribution in [1.29, 1.82) is 0 Å². The van der Waals surface area contributed by atoms with Gasteiger partial charge in [0.1, 0.15) is 0 Å². The smallest absolute Gasteiger partial charge is 0.0555 e. The van der Waals surface area contributed by atoms with Crippen LogP contribution in [-0.4, -0.2) is 0 Å². The van der Waals surface area contributed by atoms with Gasteiger partial charge in [0.05, 0.1) is 6.04 Å². The first-order chi connectivity index (χ1) is 7.83. The highest BCUT2D eigenvalue weighted by molar-refractivity contribution is 6.30. The van der Waals surface area contributed by atoms with Crippen LogP contribution in [0, 0.1) is 0 Å². The van der Waals surface area contributed by atoms with Crippen molar-refractivity contribution in [1.82, 2.24) is 0 Å².